The normalized spacial score (nSPS) is 22.6. The molecule has 1 aliphatic carbocycles. The van der Waals surface area contributed by atoms with Gasteiger partial charge in [0.05, 0.1) is 0 Å². The van der Waals surface area contributed by atoms with Gasteiger partial charge in [-0.3, -0.25) is 4.98 Å². The molecular weight excluding hydrogens is 246 g/mol. The number of aromatic nitrogens is 1. The van der Waals surface area contributed by atoms with Gasteiger partial charge in [-0.15, -0.1) is 0 Å². The van der Waals surface area contributed by atoms with E-state index in [-0.39, 0.29) is 0 Å². The Hall–Kier alpha value is -1.18. The molecule has 110 valence electrons. The van der Waals surface area contributed by atoms with Crippen molar-refractivity contribution in [1.29, 1.82) is 0 Å². The summed E-state index contributed by atoms with van der Waals surface area (Å²) < 4.78 is 0. The summed E-state index contributed by atoms with van der Waals surface area (Å²) in [5.74, 6) is 1.59. The number of hydrogen-bond donors (Lipinski definition) is 0. The highest BCUT2D eigenvalue weighted by Gasteiger charge is 2.22. The summed E-state index contributed by atoms with van der Waals surface area (Å²) in [6.07, 6.45) is 14.2. The third kappa shape index (κ3) is 4.43. The van der Waals surface area contributed by atoms with E-state index in [2.05, 4.69) is 24.0 Å². The number of carbonyl (C=O) groups excluding carboxylic acids is 1. The van der Waals surface area contributed by atoms with Crippen LogP contribution in [0.15, 0.2) is 18.3 Å². The lowest BCUT2D eigenvalue weighted by atomic mass is 9.78. The van der Waals surface area contributed by atoms with Crippen molar-refractivity contribution in [3.63, 3.8) is 0 Å². The Morgan fingerprint density at radius 2 is 2.00 bits per heavy atom. The lowest BCUT2D eigenvalue weighted by molar-refractivity contribution is -0.107. The van der Waals surface area contributed by atoms with Gasteiger partial charge in [-0.05, 0) is 43.2 Å². The van der Waals surface area contributed by atoms with Gasteiger partial charge in [0.1, 0.15) is 6.29 Å². The molecule has 1 fully saturated rings. The highest BCUT2D eigenvalue weighted by molar-refractivity contribution is 5.54. The number of nitrogens with zero attached hydrogens (tertiary/aromatic N) is 1. The van der Waals surface area contributed by atoms with Gasteiger partial charge in [0.15, 0.2) is 0 Å². The molecular formula is C18H27NO. The van der Waals surface area contributed by atoms with Crippen molar-refractivity contribution in [2.24, 2.45) is 5.92 Å². The van der Waals surface area contributed by atoms with Crippen molar-refractivity contribution in [3.8, 4) is 0 Å². The second-order valence-corrected chi connectivity index (χ2v) is 6.18. The molecule has 1 saturated carbocycles. The van der Waals surface area contributed by atoms with E-state index in [1.165, 1.54) is 57.1 Å². The summed E-state index contributed by atoms with van der Waals surface area (Å²) >= 11 is 0. The van der Waals surface area contributed by atoms with Crippen LogP contribution >= 0.6 is 0 Å². The highest BCUT2D eigenvalue weighted by atomic mass is 16.1. The largest absolute Gasteiger partial charge is 0.303 e. The Bertz CT molecular complexity index is 390. The minimum absolute atomic E-state index is 0.484. The van der Waals surface area contributed by atoms with Gasteiger partial charge in [0.2, 0.25) is 0 Å². The smallest absolute Gasteiger partial charge is 0.124 e. The fourth-order valence-corrected chi connectivity index (χ4v) is 3.32. The van der Waals surface area contributed by atoms with E-state index < -0.39 is 0 Å². The molecule has 1 aromatic rings. The zero-order valence-corrected chi connectivity index (χ0v) is 12.7. The molecule has 2 heteroatoms. The van der Waals surface area contributed by atoms with Gasteiger partial charge in [-0.2, -0.15) is 0 Å². The van der Waals surface area contributed by atoms with Gasteiger partial charge in [-0.1, -0.05) is 38.7 Å². The quantitative estimate of drug-likeness (QED) is 0.533. The van der Waals surface area contributed by atoms with E-state index in [4.69, 9.17) is 0 Å². The first-order chi connectivity index (χ1) is 9.83. The lowest BCUT2D eigenvalue weighted by Crippen LogP contribution is -2.14. The molecule has 0 radical (unpaired) electrons. The molecule has 0 amide bonds. The molecule has 0 unspecified atom stereocenters. The molecule has 0 aromatic carbocycles. The number of hydrogen-bond acceptors (Lipinski definition) is 2. The summed E-state index contributed by atoms with van der Waals surface area (Å²) in [6, 6.07) is 4.19. The molecule has 20 heavy (non-hydrogen) atoms. The topological polar surface area (TPSA) is 30.0 Å². The van der Waals surface area contributed by atoms with Gasteiger partial charge in [0.25, 0.3) is 0 Å². The number of aldehydes is 1. The first-order valence-corrected chi connectivity index (χ1v) is 8.22. The third-order valence-corrected chi connectivity index (χ3v) is 4.65. The Morgan fingerprint density at radius 3 is 2.60 bits per heavy atom. The maximum atomic E-state index is 10.5. The van der Waals surface area contributed by atoms with Crippen molar-refractivity contribution in [2.75, 3.05) is 0 Å². The average molecular weight is 273 g/mol. The zero-order chi connectivity index (χ0) is 14.2. The summed E-state index contributed by atoms with van der Waals surface area (Å²) in [4.78, 5) is 15.0. The second kappa shape index (κ2) is 8.18. The zero-order valence-electron chi connectivity index (χ0n) is 12.7. The Labute approximate surface area is 123 Å². The van der Waals surface area contributed by atoms with Gasteiger partial charge >= 0.3 is 0 Å². The predicted molar refractivity (Wildman–Crippen MR) is 82.8 cm³/mol. The van der Waals surface area contributed by atoms with E-state index in [1.54, 1.807) is 0 Å². The standard InChI is InChI=1S/C18H27NO/c1-2-3-4-5-15-6-9-17(10-7-15)18-11-8-16(12-13-20)14-19-18/h8,11,13-15,17H,2-7,9-10,12H2,1H3/t15-,17-. The van der Waals surface area contributed by atoms with Gasteiger partial charge < -0.3 is 4.79 Å². The minimum Gasteiger partial charge on any atom is -0.303 e. The monoisotopic (exact) mass is 273 g/mol. The summed E-state index contributed by atoms with van der Waals surface area (Å²) in [5, 5.41) is 0. The number of unbranched alkanes of at least 4 members (excludes halogenated alkanes) is 2. The third-order valence-electron chi connectivity index (χ3n) is 4.65. The molecule has 0 bridgehead atoms. The van der Waals surface area contributed by atoms with Crippen molar-refractivity contribution in [1.82, 2.24) is 4.98 Å². The van der Waals surface area contributed by atoms with Crippen LogP contribution in [0.4, 0.5) is 0 Å². The van der Waals surface area contributed by atoms with Crippen LogP contribution in [0.1, 0.15) is 75.5 Å². The molecule has 0 spiro atoms. The van der Waals surface area contributed by atoms with Crippen molar-refractivity contribution in [3.05, 3.63) is 29.6 Å². The first-order valence-electron chi connectivity index (χ1n) is 8.22. The molecule has 1 heterocycles. The van der Waals surface area contributed by atoms with E-state index in [0.29, 0.717) is 12.3 Å². The Kier molecular flexibility index (Phi) is 6.23. The second-order valence-electron chi connectivity index (χ2n) is 6.18. The van der Waals surface area contributed by atoms with E-state index in [9.17, 15) is 4.79 Å². The Morgan fingerprint density at radius 1 is 1.20 bits per heavy atom. The maximum Gasteiger partial charge on any atom is 0.124 e. The van der Waals surface area contributed by atoms with Crippen LogP contribution in [0.3, 0.4) is 0 Å². The van der Waals surface area contributed by atoms with Crippen LogP contribution in [0, 0.1) is 5.92 Å². The number of carbonyl (C=O) groups is 1. The number of rotatable bonds is 7. The number of pyridine rings is 1. The van der Waals surface area contributed by atoms with Gasteiger partial charge in [-0.25, -0.2) is 0 Å². The van der Waals surface area contributed by atoms with Crippen LogP contribution in [0.25, 0.3) is 0 Å². The van der Waals surface area contributed by atoms with Crippen LogP contribution in [-0.2, 0) is 11.2 Å². The van der Waals surface area contributed by atoms with Crippen LogP contribution in [0.2, 0.25) is 0 Å². The molecule has 2 nitrogen and oxygen atoms in total. The van der Waals surface area contributed by atoms with Crippen molar-refractivity contribution < 1.29 is 4.79 Å². The highest BCUT2D eigenvalue weighted by Crippen LogP contribution is 2.36. The van der Waals surface area contributed by atoms with Crippen LogP contribution in [0.5, 0.6) is 0 Å². The molecule has 0 atom stereocenters. The maximum absolute atomic E-state index is 10.5. The fourth-order valence-electron chi connectivity index (χ4n) is 3.32. The molecule has 1 aromatic heterocycles. The van der Waals surface area contributed by atoms with Crippen molar-refractivity contribution in [2.45, 2.75) is 70.6 Å². The van der Waals surface area contributed by atoms with Gasteiger partial charge in [0, 0.05) is 24.2 Å². The molecule has 1 aliphatic rings. The van der Waals surface area contributed by atoms with Crippen molar-refractivity contribution >= 4 is 6.29 Å². The molecule has 0 saturated heterocycles. The van der Waals surface area contributed by atoms with E-state index >= 15 is 0 Å². The molecule has 0 N–H and O–H groups in total. The van der Waals surface area contributed by atoms with E-state index in [0.717, 1.165) is 17.8 Å². The van der Waals surface area contributed by atoms with Crippen LogP contribution < -0.4 is 0 Å². The lowest BCUT2D eigenvalue weighted by Gasteiger charge is -2.28. The average Bonchev–Trinajstić information content (AvgIpc) is 2.49. The fraction of sp³-hybridized carbons (Fsp3) is 0.667. The minimum atomic E-state index is 0.484. The summed E-state index contributed by atoms with van der Waals surface area (Å²) in [5.41, 5.74) is 2.25. The summed E-state index contributed by atoms with van der Waals surface area (Å²) in [7, 11) is 0. The molecule has 2 rings (SSSR count). The summed E-state index contributed by atoms with van der Waals surface area (Å²) in [6.45, 7) is 2.27. The van der Waals surface area contributed by atoms with E-state index in [1.807, 2.05) is 6.20 Å². The Balaban J connectivity index is 1.79. The molecule has 0 aliphatic heterocycles. The van der Waals surface area contributed by atoms with Crippen LogP contribution in [-0.4, -0.2) is 11.3 Å². The first kappa shape index (κ1) is 15.2. The SMILES string of the molecule is CCCCC[C@H]1CC[C@H](c2ccc(CC=O)cn2)CC1. The predicted octanol–water partition coefficient (Wildman–Crippen LogP) is 4.68.